The highest BCUT2D eigenvalue weighted by Crippen LogP contribution is 2.01. The Bertz CT molecular complexity index is 257. The van der Waals surface area contributed by atoms with E-state index < -0.39 is 10.0 Å². The van der Waals surface area contributed by atoms with Crippen LogP contribution in [0.25, 0.3) is 0 Å². The van der Waals surface area contributed by atoms with Gasteiger partial charge in [0.1, 0.15) is 0 Å². The Labute approximate surface area is 100 Å². The van der Waals surface area contributed by atoms with E-state index in [0.717, 1.165) is 12.8 Å². The van der Waals surface area contributed by atoms with Gasteiger partial charge in [-0.2, -0.15) is 0 Å². The predicted molar refractivity (Wildman–Crippen MR) is 69.1 cm³/mol. The Balaban J connectivity index is 4.09. The van der Waals surface area contributed by atoms with Crippen LogP contribution in [0.15, 0.2) is 0 Å². The lowest BCUT2D eigenvalue weighted by Gasteiger charge is -2.20. The van der Waals surface area contributed by atoms with Crippen LogP contribution in [0.2, 0.25) is 0 Å². The van der Waals surface area contributed by atoms with E-state index in [2.05, 4.69) is 19.2 Å². The maximum Gasteiger partial charge on any atom is 0.215 e. The van der Waals surface area contributed by atoms with Crippen molar-refractivity contribution in [1.29, 1.82) is 0 Å². The van der Waals surface area contributed by atoms with Crippen molar-refractivity contribution in [3.63, 3.8) is 0 Å². The Hall–Kier alpha value is -0.130. The van der Waals surface area contributed by atoms with Crippen LogP contribution in [0.5, 0.6) is 0 Å². The lowest BCUT2D eigenvalue weighted by Crippen LogP contribution is -2.38. The lowest BCUT2D eigenvalue weighted by molar-refractivity contribution is 0.439. The summed E-state index contributed by atoms with van der Waals surface area (Å²) in [7, 11) is -3.06. The second-order valence-electron chi connectivity index (χ2n) is 3.87. The molecule has 0 spiro atoms. The summed E-state index contributed by atoms with van der Waals surface area (Å²) in [6, 6.07) is 0.437. The third-order valence-electron chi connectivity index (χ3n) is 2.88. The van der Waals surface area contributed by atoms with Gasteiger partial charge in [-0.25, -0.2) is 12.7 Å². The van der Waals surface area contributed by atoms with Crippen molar-refractivity contribution in [2.24, 2.45) is 0 Å². The minimum atomic E-state index is -3.06. The molecule has 0 saturated carbocycles. The molecule has 0 aliphatic carbocycles. The van der Waals surface area contributed by atoms with Crippen LogP contribution in [0, 0.1) is 0 Å². The highest BCUT2D eigenvalue weighted by atomic mass is 32.2. The van der Waals surface area contributed by atoms with Crippen LogP contribution in [0.1, 0.15) is 40.5 Å². The SMILES string of the molecule is CCC(CC)NCCS(=O)(=O)N(CC)CC. The predicted octanol–water partition coefficient (Wildman–Crippen LogP) is 1.44. The molecule has 98 valence electrons. The van der Waals surface area contributed by atoms with Crippen molar-refractivity contribution in [2.75, 3.05) is 25.4 Å². The van der Waals surface area contributed by atoms with E-state index in [1.165, 1.54) is 4.31 Å². The Morgan fingerprint density at radius 1 is 1.06 bits per heavy atom. The van der Waals surface area contributed by atoms with Gasteiger partial charge in [0.05, 0.1) is 5.75 Å². The van der Waals surface area contributed by atoms with E-state index >= 15 is 0 Å². The summed E-state index contributed by atoms with van der Waals surface area (Å²) >= 11 is 0. The summed E-state index contributed by atoms with van der Waals surface area (Å²) in [4.78, 5) is 0. The van der Waals surface area contributed by atoms with Gasteiger partial charge in [0.2, 0.25) is 10.0 Å². The first kappa shape index (κ1) is 15.9. The lowest BCUT2D eigenvalue weighted by atomic mass is 10.2. The zero-order chi connectivity index (χ0) is 12.6. The number of sulfonamides is 1. The van der Waals surface area contributed by atoms with Gasteiger partial charge >= 0.3 is 0 Å². The molecule has 0 aromatic heterocycles. The van der Waals surface area contributed by atoms with E-state index in [9.17, 15) is 8.42 Å². The van der Waals surface area contributed by atoms with E-state index in [1.807, 2.05) is 13.8 Å². The monoisotopic (exact) mass is 250 g/mol. The second-order valence-corrected chi connectivity index (χ2v) is 5.96. The number of nitrogens with zero attached hydrogens (tertiary/aromatic N) is 1. The second kappa shape index (κ2) is 8.03. The van der Waals surface area contributed by atoms with Crippen molar-refractivity contribution < 1.29 is 8.42 Å². The van der Waals surface area contributed by atoms with Crippen molar-refractivity contribution in [2.45, 2.75) is 46.6 Å². The Morgan fingerprint density at radius 3 is 1.94 bits per heavy atom. The molecule has 5 heteroatoms. The fourth-order valence-corrected chi connectivity index (χ4v) is 3.14. The van der Waals surface area contributed by atoms with Crippen LogP contribution in [-0.2, 0) is 10.0 Å². The largest absolute Gasteiger partial charge is 0.313 e. The van der Waals surface area contributed by atoms with Gasteiger partial charge < -0.3 is 5.32 Å². The fraction of sp³-hybridized carbons (Fsp3) is 1.00. The Morgan fingerprint density at radius 2 is 1.56 bits per heavy atom. The molecule has 0 aliphatic heterocycles. The number of nitrogens with one attached hydrogen (secondary N) is 1. The van der Waals surface area contributed by atoms with Crippen molar-refractivity contribution in [1.82, 2.24) is 9.62 Å². The molecule has 0 amide bonds. The van der Waals surface area contributed by atoms with E-state index in [-0.39, 0.29) is 5.75 Å². The van der Waals surface area contributed by atoms with Crippen LogP contribution < -0.4 is 5.32 Å². The highest BCUT2D eigenvalue weighted by Gasteiger charge is 2.18. The smallest absolute Gasteiger partial charge is 0.215 e. The summed E-state index contributed by atoms with van der Waals surface area (Å²) in [6.45, 7) is 9.63. The van der Waals surface area contributed by atoms with Crippen LogP contribution in [0.3, 0.4) is 0 Å². The van der Waals surface area contributed by atoms with Gasteiger partial charge in [0.25, 0.3) is 0 Å². The minimum absolute atomic E-state index is 0.200. The van der Waals surface area contributed by atoms with E-state index in [0.29, 0.717) is 25.7 Å². The Kier molecular flexibility index (Phi) is 7.97. The van der Waals surface area contributed by atoms with Gasteiger partial charge in [0.15, 0.2) is 0 Å². The molecule has 0 fully saturated rings. The topological polar surface area (TPSA) is 49.4 Å². The first-order valence-electron chi connectivity index (χ1n) is 6.22. The normalized spacial score (nSPS) is 12.6. The highest BCUT2D eigenvalue weighted by molar-refractivity contribution is 7.89. The van der Waals surface area contributed by atoms with E-state index in [1.54, 1.807) is 0 Å². The molecule has 1 N–H and O–H groups in total. The molecule has 16 heavy (non-hydrogen) atoms. The zero-order valence-electron chi connectivity index (χ0n) is 11.0. The number of hydrogen-bond donors (Lipinski definition) is 1. The molecule has 0 heterocycles. The summed E-state index contributed by atoms with van der Waals surface area (Å²) in [5, 5.41) is 3.27. The number of hydrogen-bond acceptors (Lipinski definition) is 3. The molecule has 0 unspecified atom stereocenters. The van der Waals surface area contributed by atoms with Crippen molar-refractivity contribution in [3.8, 4) is 0 Å². The fourth-order valence-electron chi connectivity index (χ4n) is 1.72. The number of rotatable bonds is 9. The zero-order valence-corrected chi connectivity index (χ0v) is 11.8. The van der Waals surface area contributed by atoms with Crippen LogP contribution in [0.4, 0.5) is 0 Å². The standard InChI is InChI=1S/C11H26N2O2S/c1-5-11(6-2)12-9-10-16(14,15)13(7-3)8-4/h11-12H,5-10H2,1-4H3. The molecular formula is C11H26N2O2S. The molecule has 0 aromatic rings. The quantitative estimate of drug-likeness (QED) is 0.673. The maximum atomic E-state index is 11.8. The van der Waals surface area contributed by atoms with Gasteiger partial charge in [-0.15, -0.1) is 0 Å². The third-order valence-corrected chi connectivity index (χ3v) is 4.90. The average molecular weight is 250 g/mol. The first-order valence-corrected chi connectivity index (χ1v) is 7.83. The molecule has 0 saturated heterocycles. The van der Waals surface area contributed by atoms with Crippen molar-refractivity contribution >= 4 is 10.0 Å². The van der Waals surface area contributed by atoms with Gasteiger partial charge in [0, 0.05) is 25.7 Å². The minimum Gasteiger partial charge on any atom is -0.313 e. The molecule has 0 rings (SSSR count). The maximum absolute atomic E-state index is 11.8. The molecule has 0 aliphatic rings. The van der Waals surface area contributed by atoms with Crippen molar-refractivity contribution in [3.05, 3.63) is 0 Å². The van der Waals surface area contributed by atoms with E-state index in [4.69, 9.17) is 0 Å². The molecule has 0 aromatic carbocycles. The summed E-state index contributed by atoms with van der Waals surface area (Å²) in [5.41, 5.74) is 0. The van der Waals surface area contributed by atoms with Gasteiger partial charge in [-0.1, -0.05) is 27.7 Å². The summed E-state index contributed by atoms with van der Waals surface area (Å²) < 4.78 is 25.2. The molecule has 0 radical (unpaired) electrons. The molecule has 0 bridgehead atoms. The summed E-state index contributed by atoms with van der Waals surface area (Å²) in [5.74, 6) is 0.200. The van der Waals surface area contributed by atoms with Crippen LogP contribution in [-0.4, -0.2) is 44.2 Å². The van der Waals surface area contributed by atoms with Gasteiger partial charge in [-0.05, 0) is 12.8 Å². The third kappa shape index (κ3) is 5.27. The summed E-state index contributed by atoms with van der Waals surface area (Å²) in [6.07, 6.45) is 2.09. The molecular weight excluding hydrogens is 224 g/mol. The molecule has 0 atom stereocenters. The van der Waals surface area contributed by atoms with Gasteiger partial charge in [-0.3, -0.25) is 0 Å². The molecule has 4 nitrogen and oxygen atoms in total. The first-order chi connectivity index (χ1) is 7.51. The van der Waals surface area contributed by atoms with Crippen LogP contribution >= 0.6 is 0 Å². The average Bonchev–Trinajstić information content (AvgIpc) is 2.25.